The molecule has 2 aromatic carbocycles. The fourth-order valence-electron chi connectivity index (χ4n) is 2.15. The smallest absolute Gasteiger partial charge is 0.160 e. The Morgan fingerprint density at radius 2 is 1.70 bits per heavy atom. The van der Waals surface area contributed by atoms with Gasteiger partial charge in [0.15, 0.2) is 11.5 Å². The van der Waals surface area contributed by atoms with E-state index in [1.165, 1.54) is 7.11 Å². The van der Waals surface area contributed by atoms with Crippen LogP contribution in [0.3, 0.4) is 0 Å². The molecule has 0 unspecified atom stereocenters. The van der Waals surface area contributed by atoms with E-state index in [-0.39, 0.29) is 5.75 Å². The summed E-state index contributed by atoms with van der Waals surface area (Å²) in [7, 11) is 1.52. The van der Waals surface area contributed by atoms with Crippen molar-refractivity contribution < 1.29 is 14.9 Å². The topological polar surface area (TPSA) is 61.7 Å². The van der Waals surface area contributed by atoms with Crippen molar-refractivity contribution in [2.24, 2.45) is 0 Å². The SMILES string of the molecule is COc1ccc(NCc2cc(C)c(O)c(C)c2)cc1O. The lowest BCUT2D eigenvalue weighted by Gasteiger charge is -2.11. The molecule has 0 saturated carbocycles. The summed E-state index contributed by atoms with van der Waals surface area (Å²) >= 11 is 0. The van der Waals surface area contributed by atoms with Gasteiger partial charge in [-0.15, -0.1) is 0 Å². The van der Waals surface area contributed by atoms with Crippen LogP contribution in [0.5, 0.6) is 17.2 Å². The second-order valence-corrected chi connectivity index (χ2v) is 4.82. The third kappa shape index (κ3) is 2.96. The van der Waals surface area contributed by atoms with Gasteiger partial charge in [-0.1, -0.05) is 12.1 Å². The van der Waals surface area contributed by atoms with E-state index in [4.69, 9.17) is 4.74 Å². The molecule has 4 nitrogen and oxygen atoms in total. The first kappa shape index (κ1) is 14.1. The highest BCUT2D eigenvalue weighted by atomic mass is 16.5. The number of methoxy groups -OCH3 is 1. The summed E-state index contributed by atoms with van der Waals surface area (Å²) in [6.45, 7) is 4.38. The highest BCUT2D eigenvalue weighted by Gasteiger charge is 2.05. The predicted octanol–water partition coefficient (Wildman–Crippen LogP) is 3.34. The van der Waals surface area contributed by atoms with Gasteiger partial charge < -0.3 is 20.3 Å². The number of ether oxygens (including phenoxy) is 1. The second kappa shape index (κ2) is 5.74. The number of phenolic OH excluding ortho intramolecular Hbond substituents is 2. The standard InChI is InChI=1S/C16H19NO3/c1-10-6-12(7-11(2)16(10)19)9-17-13-4-5-15(20-3)14(18)8-13/h4-8,17-19H,9H2,1-3H3. The van der Waals surface area contributed by atoms with Crippen molar-refractivity contribution in [2.45, 2.75) is 20.4 Å². The molecule has 0 aliphatic rings. The highest BCUT2D eigenvalue weighted by Crippen LogP contribution is 2.29. The Balaban J connectivity index is 2.11. The van der Waals surface area contributed by atoms with Gasteiger partial charge in [0.25, 0.3) is 0 Å². The monoisotopic (exact) mass is 273 g/mol. The molecule has 2 aromatic rings. The molecule has 20 heavy (non-hydrogen) atoms. The molecule has 0 heterocycles. The average Bonchev–Trinajstić information content (AvgIpc) is 2.42. The average molecular weight is 273 g/mol. The molecule has 4 heteroatoms. The summed E-state index contributed by atoms with van der Waals surface area (Å²) in [5, 5.41) is 22.7. The highest BCUT2D eigenvalue weighted by molar-refractivity contribution is 5.54. The molecule has 0 spiro atoms. The van der Waals surface area contributed by atoms with Gasteiger partial charge in [0, 0.05) is 18.3 Å². The Labute approximate surface area is 118 Å². The molecule has 0 bridgehead atoms. The van der Waals surface area contributed by atoms with Gasteiger partial charge in [-0.25, -0.2) is 0 Å². The van der Waals surface area contributed by atoms with Crippen molar-refractivity contribution in [1.82, 2.24) is 0 Å². The minimum absolute atomic E-state index is 0.107. The number of anilines is 1. The van der Waals surface area contributed by atoms with E-state index >= 15 is 0 Å². The van der Waals surface area contributed by atoms with Crippen LogP contribution < -0.4 is 10.1 Å². The third-order valence-electron chi connectivity index (χ3n) is 3.23. The van der Waals surface area contributed by atoms with Crippen LogP contribution in [0, 0.1) is 13.8 Å². The van der Waals surface area contributed by atoms with Gasteiger partial charge in [-0.2, -0.15) is 0 Å². The molecular formula is C16H19NO3. The van der Waals surface area contributed by atoms with Gasteiger partial charge in [0.2, 0.25) is 0 Å². The molecule has 0 atom stereocenters. The summed E-state index contributed by atoms with van der Waals surface area (Å²) in [5.74, 6) is 0.901. The first-order valence-corrected chi connectivity index (χ1v) is 6.41. The quantitative estimate of drug-likeness (QED) is 0.799. The lowest BCUT2D eigenvalue weighted by Crippen LogP contribution is -2.00. The number of rotatable bonds is 4. The van der Waals surface area contributed by atoms with E-state index in [1.54, 1.807) is 12.1 Å². The number of nitrogens with one attached hydrogen (secondary N) is 1. The van der Waals surface area contributed by atoms with Gasteiger partial charge >= 0.3 is 0 Å². The molecule has 0 amide bonds. The molecule has 0 aliphatic heterocycles. The molecule has 0 saturated heterocycles. The number of benzene rings is 2. The Hall–Kier alpha value is -2.36. The van der Waals surface area contributed by atoms with Gasteiger partial charge in [-0.05, 0) is 42.7 Å². The van der Waals surface area contributed by atoms with Crippen LogP contribution in [-0.4, -0.2) is 17.3 Å². The van der Waals surface area contributed by atoms with Gasteiger partial charge in [0.1, 0.15) is 5.75 Å². The lowest BCUT2D eigenvalue weighted by atomic mass is 10.1. The maximum atomic E-state index is 9.74. The zero-order valence-electron chi connectivity index (χ0n) is 11.9. The van der Waals surface area contributed by atoms with Crippen LogP contribution in [0.4, 0.5) is 5.69 Å². The molecular weight excluding hydrogens is 254 g/mol. The van der Waals surface area contributed by atoms with Crippen LogP contribution in [0.2, 0.25) is 0 Å². The molecule has 0 radical (unpaired) electrons. The zero-order valence-corrected chi connectivity index (χ0v) is 11.9. The maximum absolute atomic E-state index is 9.74. The first-order valence-electron chi connectivity index (χ1n) is 6.41. The van der Waals surface area contributed by atoms with Crippen molar-refractivity contribution >= 4 is 5.69 Å². The van der Waals surface area contributed by atoms with E-state index in [9.17, 15) is 10.2 Å². The lowest BCUT2D eigenvalue weighted by molar-refractivity contribution is 0.373. The van der Waals surface area contributed by atoms with Crippen molar-refractivity contribution in [3.63, 3.8) is 0 Å². The Bertz CT molecular complexity index is 600. The van der Waals surface area contributed by atoms with Gasteiger partial charge in [0.05, 0.1) is 7.11 Å². The molecule has 0 aliphatic carbocycles. The van der Waals surface area contributed by atoms with Crippen LogP contribution in [0.25, 0.3) is 0 Å². The van der Waals surface area contributed by atoms with Crippen molar-refractivity contribution in [2.75, 3.05) is 12.4 Å². The van der Waals surface area contributed by atoms with Gasteiger partial charge in [-0.3, -0.25) is 0 Å². The fraction of sp³-hybridized carbons (Fsp3) is 0.250. The van der Waals surface area contributed by atoms with Crippen LogP contribution >= 0.6 is 0 Å². The third-order valence-corrected chi connectivity index (χ3v) is 3.23. The zero-order chi connectivity index (χ0) is 14.7. The molecule has 3 N–H and O–H groups in total. The Morgan fingerprint density at radius 1 is 1.05 bits per heavy atom. The Morgan fingerprint density at radius 3 is 2.25 bits per heavy atom. The van der Waals surface area contributed by atoms with E-state index in [2.05, 4.69) is 5.32 Å². The first-order chi connectivity index (χ1) is 9.51. The second-order valence-electron chi connectivity index (χ2n) is 4.82. The van der Waals surface area contributed by atoms with Crippen LogP contribution in [0.1, 0.15) is 16.7 Å². The number of aromatic hydroxyl groups is 2. The molecule has 2 rings (SSSR count). The Kier molecular flexibility index (Phi) is 4.03. The molecule has 0 fully saturated rings. The summed E-state index contributed by atoms with van der Waals surface area (Å²) < 4.78 is 5.00. The van der Waals surface area contributed by atoms with Crippen molar-refractivity contribution in [3.8, 4) is 17.2 Å². The summed E-state index contributed by atoms with van der Waals surface area (Å²) in [6.07, 6.45) is 0. The van der Waals surface area contributed by atoms with Crippen LogP contribution in [0.15, 0.2) is 30.3 Å². The minimum Gasteiger partial charge on any atom is -0.507 e. The van der Waals surface area contributed by atoms with Crippen molar-refractivity contribution in [1.29, 1.82) is 0 Å². The van der Waals surface area contributed by atoms with E-state index < -0.39 is 0 Å². The largest absolute Gasteiger partial charge is 0.507 e. The molecule has 0 aromatic heterocycles. The van der Waals surface area contributed by atoms with E-state index in [0.717, 1.165) is 22.4 Å². The number of hydrogen-bond donors (Lipinski definition) is 3. The van der Waals surface area contributed by atoms with E-state index in [0.29, 0.717) is 18.0 Å². The normalized spacial score (nSPS) is 10.3. The summed E-state index contributed by atoms with van der Waals surface area (Å²) in [5.41, 5.74) is 3.61. The summed E-state index contributed by atoms with van der Waals surface area (Å²) in [4.78, 5) is 0. The van der Waals surface area contributed by atoms with Crippen molar-refractivity contribution in [3.05, 3.63) is 47.0 Å². The number of aryl methyl sites for hydroxylation is 2. The van der Waals surface area contributed by atoms with Crippen LogP contribution in [-0.2, 0) is 6.54 Å². The summed E-state index contributed by atoms with van der Waals surface area (Å²) in [6, 6.07) is 9.07. The fourth-order valence-corrected chi connectivity index (χ4v) is 2.15. The van der Waals surface area contributed by atoms with E-state index in [1.807, 2.05) is 32.0 Å². The number of phenols is 2. The number of hydrogen-bond acceptors (Lipinski definition) is 4. The predicted molar refractivity (Wildman–Crippen MR) is 79.6 cm³/mol. The minimum atomic E-state index is 0.107. The molecule has 106 valence electrons. The maximum Gasteiger partial charge on any atom is 0.160 e.